The second-order valence-electron chi connectivity index (χ2n) is 7.40. The van der Waals surface area contributed by atoms with Crippen molar-refractivity contribution in [2.24, 2.45) is 0 Å². The molecule has 27 heavy (non-hydrogen) atoms. The molecule has 2 aliphatic rings. The van der Waals surface area contributed by atoms with Gasteiger partial charge in [-0.3, -0.25) is 14.5 Å². The molecule has 4 amide bonds. The van der Waals surface area contributed by atoms with Crippen LogP contribution in [0.1, 0.15) is 56.6 Å². The molecule has 1 saturated carbocycles. The summed E-state index contributed by atoms with van der Waals surface area (Å²) in [6.45, 7) is 1.29. The number of hydrogen-bond donors (Lipinski definition) is 2. The molecular weight excluding hydrogens is 344 g/mol. The van der Waals surface area contributed by atoms with Gasteiger partial charge in [0, 0.05) is 6.04 Å². The van der Waals surface area contributed by atoms with Gasteiger partial charge >= 0.3 is 6.03 Å². The summed E-state index contributed by atoms with van der Waals surface area (Å²) in [6.07, 6.45) is 6.40. The lowest BCUT2D eigenvalue weighted by molar-refractivity contribution is -0.135. The Hall–Kier alpha value is -2.88. The van der Waals surface area contributed by atoms with E-state index in [0.29, 0.717) is 11.1 Å². The summed E-state index contributed by atoms with van der Waals surface area (Å²) in [4.78, 5) is 38.6. The van der Waals surface area contributed by atoms with E-state index in [9.17, 15) is 14.4 Å². The van der Waals surface area contributed by atoms with Crippen molar-refractivity contribution in [3.63, 3.8) is 0 Å². The summed E-state index contributed by atoms with van der Waals surface area (Å²) < 4.78 is 0. The third kappa shape index (κ3) is 3.95. The highest BCUT2D eigenvalue weighted by molar-refractivity contribution is 6.09. The molecule has 142 valence electrons. The fourth-order valence-corrected chi connectivity index (χ4v) is 3.78. The molecule has 0 radical (unpaired) electrons. The van der Waals surface area contributed by atoms with E-state index in [4.69, 9.17) is 5.26 Å². The summed E-state index contributed by atoms with van der Waals surface area (Å²) in [5.74, 6) is -0.806. The minimum absolute atomic E-state index is 0.111. The second-order valence-corrected chi connectivity index (χ2v) is 7.40. The predicted octanol–water partition coefficient (Wildman–Crippen LogP) is 2.16. The van der Waals surface area contributed by atoms with E-state index >= 15 is 0 Å². The van der Waals surface area contributed by atoms with E-state index in [2.05, 4.69) is 10.6 Å². The predicted molar refractivity (Wildman–Crippen MR) is 98.4 cm³/mol. The number of imide groups is 1. The molecule has 1 aromatic rings. The van der Waals surface area contributed by atoms with E-state index in [-0.39, 0.29) is 18.5 Å². The van der Waals surface area contributed by atoms with Crippen molar-refractivity contribution in [1.82, 2.24) is 15.5 Å². The molecular formula is C20H24N4O3. The Labute approximate surface area is 158 Å². The highest BCUT2D eigenvalue weighted by atomic mass is 16.2. The molecule has 3 rings (SSSR count). The van der Waals surface area contributed by atoms with Gasteiger partial charge in [0.05, 0.1) is 11.6 Å². The second kappa shape index (κ2) is 7.78. The van der Waals surface area contributed by atoms with Gasteiger partial charge in [-0.2, -0.15) is 5.26 Å². The number of amides is 4. The molecule has 1 heterocycles. The van der Waals surface area contributed by atoms with Crippen LogP contribution in [0.25, 0.3) is 0 Å². The van der Waals surface area contributed by atoms with E-state index in [1.54, 1.807) is 31.2 Å². The molecule has 1 aliphatic carbocycles. The molecule has 0 unspecified atom stereocenters. The summed E-state index contributed by atoms with van der Waals surface area (Å²) in [5.41, 5.74) is -0.362. The minimum atomic E-state index is -1.29. The lowest BCUT2D eigenvalue weighted by atomic mass is 9.91. The number of urea groups is 1. The highest BCUT2D eigenvalue weighted by Crippen LogP contribution is 2.29. The van der Waals surface area contributed by atoms with E-state index in [0.717, 1.165) is 30.6 Å². The standard InChI is InChI=1S/C20H24N4O3/c1-20(15-8-6-7-14(11-15)12-21)18(26)24(19(27)23-20)13-17(25)22-16-9-4-2-3-5-10-16/h6-8,11,16H,2-5,9-10,13H2,1H3,(H,22,25)(H,23,27)/t20-/m0/s1. The van der Waals surface area contributed by atoms with Crippen molar-refractivity contribution in [1.29, 1.82) is 5.26 Å². The molecule has 1 atom stereocenters. The van der Waals surface area contributed by atoms with Crippen LogP contribution in [0.5, 0.6) is 0 Å². The maximum Gasteiger partial charge on any atom is 0.325 e. The van der Waals surface area contributed by atoms with Gasteiger partial charge in [-0.05, 0) is 37.5 Å². The van der Waals surface area contributed by atoms with Crippen LogP contribution < -0.4 is 10.6 Å². The first kappa shape index (κ1) is 18.9. The first-order valence-electron chi connectivity index (χ1n) is 9.38. The number of carbonyl (C=O) groups is 3. The van der Waals surface area contributed by atoms with Crippen LogP contribution in [0.3, 0.4) is 0 Å². The van der Waals surface area contributed by atoms with Gasteiger partial charge in [0.1, 0.15) is 12.1 Å². The summed E-state index contributed by atoms with van der Waals surface area (Å²) in [5, 5.41) is 14.7. The molecule has 0 aromatic heterocycles. The quantitative estimate of drug-likeness (QED) is 0.628. The summed E-state index contributed by atoms with van der Waals surface area (Å²) >= 11 is 0. The van der Waals surface area contributed by atoms with Gasteiger partial charge < -0.3 is 10.6 Å². The van der Waals surface area contributed by atoms with Crippen LogP contribution in [-0.4, -0.2) is 35.3 Å². The minimum Gasteiger partial charge on any atom is -0.352 e. The van der Waals surface area contributed by atoms with Crippen molar-refractivity contribution in [3.05, 3.63) is 35.4 Å². The molecule has 1 aromatic carbocycles. The van der Waals surface area contributed by atoms with Gasteiger partial charge in [-0.1, -0.05) is 37.8 Å². The van der Waals surface area contributed by atoms with Crippen molar-refractivity contribution < 1.29 is 14.4 Å². The average Bonchev–Trinajstić information content (AvgIpc) is 2.85. The molecule has 0 bridgehead atoms. The zero-order chi connectivity index (χ0) is 19.4. The maximum atomic E-state index is 12.9. The maximum absolute atomic E-state index is 12.9. The summed E-state index contributed by atoms with van der Waals surface area (Å²) in [7, 11) is 0. The van der Waals surface area contributed by atoms with Crippen LogP contribution in [-0.2, 0) is 15.1 Å². The SMILES string of the molecule is C[C@@]1(c2cccc(C#N)c2)NC(=O)N(CC(=O)NC2CCCCCC2)C1=O. The zero-order valence-electron chi connectivity index (χ0n) is 15.5. The Kier molecular flexibility index (Phi) is 5.45. The Morgan fingerprint density at radius 2 is 2.00 bits per heavy atom. The lowest BCUT2D eigenvalue weighted by Gasteiger charge is -2.23. The molecule has 0 spiro atoms. The fourth-order valence-electron chi connectivity index (χ4n) is 3.78. The first-order valence-corrected chi connectivity index (χ1v) is 9.38. The van der Waals surface area contributed by atoms with Crippen LogP contribution in [0, 0.1) is 11.3 Å². The van der Waals surface area contributed by atoms with Crippen molar-refractivity contribution in [2.75, 3.05) is 6.54 Å². The number of carbonyl (C=O) groups excluding carboxylic acids is 3. The molecule has 2 fully saturated rings. The molecule has 1 aliphatic heterocycles. The Balaban J connectivity index is 1.70. The lowest BCUT2D eigenvalue weighted by Crippen LogP contribution is -2.45. The Morgan fingerprint density at radius 3 is 2.67 bits per heavy atom. The Morgan fingerprint density at radius 1 is 1.30 bits per heavy atom. The highest BCUT2D eigenvalue weighted by Gasteiger charge is 2.49. The molecule has 2 N–H and O–H groups in total. The van der Waals surface area contributed by atoms with Gasteiger partial charge in [0.25, 0.3) is 5.91 Å². The molecule has 7 heteroatoms. The van der Waals surface area contributed by atoms with Crippen molar-refractivity contribution in [2.45, 2.75) is 57.0 Å². The van der Waals surface area contributed by atoms with Crippen molar-refractivity contribution in [3.8, 4) is 6.07 Å². The largest absolute Gasteiger partial charge is 0.352 e. The van der Waals surface area contributed by atoms with E-state index in [1.165, 1.54) is 12.8 Å². The smallest absolute Gasteiger partial charge is 0.325 e. The monoisotopic (exact) mass is 368 g/mol. The average molecular weight is 368 g/mol. The van der Waals surface area contributed by atoms with Crippen LogP contribution in [0.15, 0.2) is 24.3 Å². The number of rotatable bonds is 4. The van der Waals surface area contributed by atoms with E-state index in [1.807, 2.05) is 6.07 Å². The third-order valence-corrected chi connectivity index (χ3v) is 5.37. The molecule has 1 saturated heterocycles. The van der Waals surface area contributed by atoms with Crippen molar-refractivity contribution >= 4 is 17.8 Å². The van der Waals surface area contributed by atoms with Crippen LogP contribution in [0.4, 0.5) is 4.79 Å². The number of benzene rings is 1. The zero-order valence-corrected chi connectivity index (χ0v) is 15.5. The third-order valence-electron chi connectivity index (χ3n) is 5.37. The van der Waals surface area contributed by atoms with Gasteiger partial charge in [0.2, 0.25) is 5.91 Å². The summed E-state index contributed by atoms with van der Waals surface area (Å²) in [6, 6.07) is 8.10. The normalized spacial score (nSPS) is 23.5. The van der Waals surface area contributed by atoms with Gasteiger partial charge in [-0.25, -0.2) is 4.79 Å². The molecule has 7 nitrogen and oxygen atoms in total. The Bertz CT molecular complexity index is 793. The fraction of sp³-hybridized carbons (Fsp3) is 0.500. The van der Waals surface area contributed by atoms with Gasteiger partial charge in [-0.15, -0.1) is 0 Å². The van der Waals surface area contributed by atoms with E-state index < -0.39 is 17.5 Å². The number of nitrogens with one attached hydrogen (secondary N) is 2. The topological polar surface area (TPSA) is 102 Å². The van der Waals surface area contributed by atoms with Gasteiger partial charge in [0.15, 0.2) is 0 Å². The number of hydrogen-bond acceptors (Lipinski definition) is 4. The van der Waals surface area contributed by atoms with Crippen LogP contribution in [0.2, 0.25) is 0 Å². The van der Waals surface area contributed by atoms with Crippen LogP contribution >= 0.6 is 0 Å². The number of nitrogens with zero attached hydrogens (tertiary/aromatic N) is 2. The number of nitriles is 1. The first-order chi connectivity index (χ1) is 12.9.